The average molecular weight is 499 g/mol. The minimum atomic E-state index is -0.455. The number of para-hydroxylation sites is 1. The Labute approximate surface area is 210 Å². The summed E-state index contributed by atoms with van der Waals surface area (Å²) in [6.45, 7) is 1.84. The summed E-state index contributed by atoms with van der Waals surface area (Å²) >= 11 is 1.55. The highest BCUT2D eigenvalue weighted by Crippen LogP contribution is 2.26. The fraction of sp³-hybridized carbons (Fsp3) is 0.115. The lowest BCUT2D eigenvalue weighted by molar-refractivity contribution is 0.0847. The van der Waals surface area contributed by atoms with Gasteiger partial charge in [-0.1, -0.05) is 42.1 Å². The molecule has 180 valence electrons. The predicted molar refractivity (Wildman–Crippen MR) is 136 cm³/mol. The summed E-state index contributed by atoms with van der Waals surface area (Å²) in [6.07, 6.45) is 1.65. The van der Waals surface area contributed by atoms with E-state index < -0.39 is 11.8 Å². The second-order valence-corrected chi connectivity index (χ2v) is 9.04. The van der Waals surface area contributed by atoms with Crippen molar-refractivity contribution in [1.82, 2.24) is 30.6 Å². The van der Waals surface area contributed by atoms with Crippen LogP contribution in [0.2, 0.25) is 0 Å². The second kappa shape index (κ2) is 10.0. The van der Waals surface area contributed by atoms with Crippen molar-refractivity contribution >= 4 is 34.5 Å². The Morgan fingerprint density at radius 2 is 1.78 bits per heavy atom. The molecule has 0 aliphatic rings. The molecule has 0 aliphatic heterocycles. The number of aromatic nitrogens is 4. The van der Waals surface area contributed by atoms with Crippen molar-refractivity contribution < 1.29 is 14.0 Å². The molecule has 0 saturated carbocycles. The number of furan rings is 1. The van der Waals surface area contributed by atoms with Gasteiger partial charge in [0.05, 0.1) is 11.1 Å². The van der Waals surface area contributed by atoms with Crippen LogP contribution in [0, 0.1) is 6.92 Å². The number of carbonyl (C=O) groups excluding carboxylic acids is 2. The van der Waals surface area contributed by atoms with Crippen LogP contribution in [0.4, 0.5) is 0 Å². The van der Waals surface area contributed by atoms with Crippen LogP contribution < -0.4 is 10.9 Å². The standard InChI is InChI=1S/C26H22N6O3S/c1-16-7-12-23(35-16)22-13-20(19-5-3-4-6-21(19)28-22)25(34)30-29-24(33)18-10-8-17(9-11-18)14-36-26-31-27-15-32(26)2/h3-13,15H,14H2,1-2H3,(H,29,33)(H,30,34). The van der Waals surface area contributed by atoms with Gasteiger partial charge >= 0.3 is 0 Å². The van der Waals surface area contributed by atoms with Crippen LogP contribution in [0.15, 0.2) is 82.6 Å². The van der Waals surface area contributed by atoms with E-state index in [-0.39, 0.29) is 0 Å². The molecular weight excluding hydrogens is 476 g/mol. The molecule has 0 fully saturated rings. The lowest BCUT2D eigenvalue weighted by Crippen LogP contribution is -2.41. The number of rotatable bonds is 6. The number of fused-ring (bicyclic) bond motifs is 1. The van der Waals surface area contributed by atoms with Crippen molar-refractivity contribution in [2.45, 2.75) is 17.8 Å². The predicted octanol–water partition coefficient (Wildman–Crippen LogP) is 4.30. The number of aryl methyl sites for hydroxylation is 2. The Bertz CT molecular complexity index is 1560. The fourth-order valence-electron chi connectivity index (χ4n) is 3.62. The molecule has 10 heteroatoms. The van der Waals surface area contributed by atoms with Gasteiger partial charge in [-0.2, -0.15) is 0 Å². The Hall–Kier alpha value is -4.44. The zero-order valence-electron chi connectivity index (χ0n) is 19.6. The summed E-state index contributed by atoms with van der Waals surface area (Å²) in [5.41, 5.74) is 8.04. The van der Waals surface area contributed by atoms with Gasteiger partial charge in [0.1, 0.15) is 17.8 Å². The third-order valence-corrected chi connectivity index (χ3v) is 6.60. The SMILES string of the molecule is Cc1ccc(-c2cc(C(=O)NNC(=O)c3ccc(CSc4nncn4C)cc3)c3ccccc3n2)o1. The van der Waals surface area contributed by atoms with Crippen molar-refractivity contribution in [3.63, 3.8) is 0 Å². The van der Waals surface area contributed by atoms with Gasteiger partial charge in [-0.3, -0.25) is 20.4 Å². The molecule has 36 heavy (non-hydrogen) atoms. The van der Waals surface area contributed by atoms with E-state index in [2.05, 4.69) is 26.0 Å². The highest BCUT2D eigenvalue weighted by molar-refractivity contribution is 7.98. The molecule has 3 heterocycles. The molecule has 2 N–H and O–H groups in total. The van der Waals surface area contributed by atoms with Crippen molar-refractivity contribution in [2.24, 2.45) is 7.05 Å². The zero-order chi connectivity index (χ0) is 25.1. The van der Waals surface area contributed by atoms with Gasteiger partial charge in [-0.15, -0.1) is 10.2 Å². The number of nitrogens with one attached hydrogen (secondary N) is 2. The van der Waals surface area contributed by atoms with Gasteiger partial charge in [0.15, 0.2) is 10.9 Å². The smallest absolute Gasteiger partial charge is 0.270 e. The number of pyridine rings is 1. The molecule has 0 bridgehead atoms. The molecule has 9 nitrogen and oxygen atoms in total. The summed E-state index contributed by atoms with van der Waals surface area (Å²) in [5, 5.41) is 9.39. The topological polar surface area (TPSA) is 115 Å². The molecule has 0 atom stereocenters. The number of hydrazine groups is 1. The quantitative estimate of drug-likeness (QED) is 0.265. The van der Waals surface area contributed by atoms with Gasteiger partial charge in [0.25, 0.3) is 11.8 Å². The molecule has 0 spiro atoms. The van der Waals surface area contributed by atoms with Crippen LogP contribution in [0.1, 0.15) is 32.0 Å². The zero-order valence-corrected chi connectivity index (χ0v) is 20.4. The monoisotopic (exact) mass is 498 g/mol. The maximum absolute atomic E-state index is 13.1. The van der Waals surface area contributed by atoms with Gasteiger partial charge in [-0.25, -0.2) is 4.98 Å². The van der Waals surface area contributed by atoms with Gasteiger partial charge in [-0.05, 0) is 48.9 Å². The summed E-state index contributed by atoms with van der Waals surface area (Å²) in [6, 6.07) is 19.8. The van der Waals surface area contributed by atoms with E-state index in [0.717, 1.165) is 16.5 Å². The average Bonchev–Trinajstić information content (AvgIpc) is 3.53. The first-order chi connectivity index (χ1) is 17.5. The first-order valence-corrected chi connectivity index (χ1v) is 12.1. The lowest BCUT2D eigenvalue weighted by Gasteiger charge is -2.11. The fourth-order valence-corrected chi connectivity index (χ4v) is 4.46. The Kier molecular flexibility index (Phi) is 6.50. The Balaban J connectivity index is 1.27. The molecule has 3 aromatic heterocycles. The number of hydrogen-bond donors (Lipinski definition) is 2. The third kappa shape index (κ3) is 4.98. The number of nitrogens with zero attached hydrogens (tertiary/aromatic N) is 4. The number of carbonyl (C=O) groups is 2. The van der Waals surface area contributed by atoms with Crippen LogP contribution in [0.25, 0.3) is 22.4 Å². The number of amides is 2. The number of hydrogen-bond acceptors (Lipinski definition) is 7. The van der Waals surface area contributed by atoms with E-state index in [1.807, 2.05) is 67.1 Å². The van der Waals surface area contributed by atoms with Crippen LogP contribution in [-0.2, 0) is 12.8 Å². The van der Waals surface area contributed by atoms with E-state index in [4.69, 9.17) is 4.42 Å². The Morgan fingerprint density at radius 1 is 1.00 bits per heavy atom. The Morgan fingerprint density at radius 3 is 2.50 bits per heavy atom. The molecule has 2 aromatic carbocycles. The van der Waals surface area contributed by atoms with E-state index in [9.17, 15) is 9.59 Å². The summed E-state index contributed by atoms with van der Waals surface area (Å²) < 4.78 is 7.54. The van der Waals surface area contributed by atoms with Crippen LogP contribution in [-0.4, -0.2) is 31.6 Å². The van der Waals surface area contributed by atoms with Crippen molar-refractivity contribution in [3.05, 3.63) is 95.5 Å². The summed E-state index contributed by atoms with van der Waals surface area (Å²) in [5.74, 6) is 1.13. The van der Waals surface area contributed by atoms with Crippen molar-refractivity contribution in [3.8, 4) is 11.5 Å². The molecule has 0 saturated heterocycles. The minimum absolute atomic E-state index is 0.376. The summed E-state index contributed by atoms with van der Waals surface area (Å²) in [7, 11) is 1.89. The van der Waals surface area contributed by atoms with E-state index in [0.29, 0.717) is 39.2 Å². The molecule has 0 radical (unpaired) electrons. The second-order valence-electron chi connectivity index (χ2n) is 8.10. The van der Waals surface area contributed by atoms with E-state index in [1.54, 1.807) is 36.3 Å². The first kappa shape index (κ1) is 23.3. The molecule has 5 aromatic rings. The highest BCUT2D eigenvalue weighted by Gasteiger charge is 2.16. The first-order valence-electron chi connectivity index (χ1n) is 11.1. The minimum Gasteiger partial charge on any atom is -0.460 e. The van der Waals surface area contributed by atoms with Gasteiger partial charge < -0.3 is 8.98 Å². The van der Waals surface area contributed by atoms with Crippen molar-refractivity contribution in [1.29, 1.82) is 0 Å². The number of benzene rings is 2. The third-order valence-electron chi connectivity index (χ3n) is 5.50. The molecule has 2 amide bonds. The van der Waals surface area contributed by atoms with Crippen LogP contribution >= 0.6 is 11.8 Å². The van der Waals surface area contributed by atoms with Crippen LogP contribution in [0.3, 0.4) is 0 Å². The number of thioether (sulfide) groups is 1. The maximum atomic E-state index is 13.1. The highest BCUT2D eigenvalue weighted by atomic mass is 32.2. The van der Waals surface area contributed by atoms with E-state index in [1.165, 1.54) is 0 Å². The van der Waals surface area contributed by atoms with Gasteiger partial charge in [0.2, 0.25) is 0 Å². The van der Waals surface area contributed by atoms with Gasteiger partial charge in [0, 0.05) is 23.8 Å². The lowest BCUT2D eigenvalue weighted by atomic mass is 10.1. The molecular formula is C26H22N6O3S. The van der Waals surface area contributed by atoms with Crippen LogP contribution in [0.5, 0.6) is 0 Å². The normalized spacial score (nSPS) is 10.9. The molecule has 0 unspecified atom stereocenters. The molecule has 5 rings (SSSR count). The van der Waals surface area contributed by atoms with Crippen molar-refractivity contribution in [2.75, 3.05) is 0 Å². The maximum Gasteiger partial charge on any atom is 0.270 e. The summed E-state index contributed by atoms with van der Waals surface area (Å²) in [4.78, 5) is 30.3. The largest absolute Gasteiger partial charge is 0.460 e. The van der Waals surface area contributed by atoms with E-state index >= 15 is 0 Å². The molecule has 0 aliphatic carbocycles.